The molecule has 0 spiro atoms. The van der Waals surface area contributed by atoms with Crippen molar-refractivity contribution in [1.82, 2.24) is 14.5 Å². The summed E-state index contributed by atoms with van der Waals surface area (Å²) in [6.07, 6.45) is 2.86. The van der Waals surface area contributed by atoms with E-state index in [2.05, 4.69) is 4.98 Å². The van der Waals surface area contributed by atoms with Crippen LogP contribution in [0, 0.1) is 12.8 Å². The second kappa shape index (κ2) is 7.78. The van der Waals surface area contributed by atoms with E-state index in [0.717, 1.165) is 37.3 Å². The Labute approximate surface area is 147 Å². The molecule has 0 aliphatic carbocycles. The molecule has 1 aromatic heterocycles. The van der Waals surface area contributed by atoms with Gasteiger partial charge in [0.05, 0.1) is 23.8 Å². The lowest BCUT2D eigenvalue weighted by Crippen LogP contribution is -2.36. The van der Waals surface area contributed by atoms with Gasteiger partial charge in [-0.15, -0.1) is 0 Å². The van der Waals surface area contributed by atoms with Crippen molar-refractivity contribution >= 4 is 16.8 Å². The smallest absolute Gasteiger partial charge is 0.261 e. The standard InChI is InChI=1S/C19H25N3O3/c1-3-21(11-15-8-10-25-12-15)17(23)7-9-22-13-20-18-14(2)5-4-6-16(18)19(22)24/h4-6,13,15H,3,7-12H2,1-2H3/t15-/m1/s1. The minimum atomic E-state index is -0.0891. The number of aromatic nitrogens is 2. The number of carbonyl (C=O) groups is 1. The molecule has 134 valence electrons. The Morgan fingerprint density at radius 1 is 1.44 bits per heavy atom. The van der Waals surface area contributed by atoms with Crippen LogP contribution in [-0.4, -0.2) is 46.7 Å². The fourth-order valence-electron chi connectivity index (χ4n) is 3.32. The second-order valence-electron chi connectivity index (χ2n) is 6.63. The fraction of sp³-hybridized carbons (Fsp3) is 0.526. The molecule has 1 amide bonds. The first-order valence-corrected chi connectivity index (χ1v) is 8.90. The van der Waals surface area contributed by atoms with Crippen LogP contribution in [0.25, 0.3) is 10.9 Å². The highest BCUT2D eigenvalue weighted by Gasteiger charge is 2.21. The van der Waals surface area contributed by atoms with Gasteiger partial charge in [0.25, 0.3) is 5.56 Å². The zero-order valence-electron chi connectivity index (χ0n) is 14.9. The largest absolute Gasteiger partial charge is 0.381 e. The molecule has 0 unspecified atom stereocenters. The highest BCUT2D eigenvalue weighted by atomic mass is 16.5. The van der Waals surface area contributed by atoms with Crippen LogP contribution in [0.2, 0.25) is 0 Å². The molecule has 2 aromatic rings. The van der Waals surface area contributed by atoms with Crippen molar-refractivity contribution in [2.75, 3.05) is 26.3 Å². The molecule has 1 aromatic carbocycles. The number of para-hydroxylation sites is 1. The third kappa shape index (κ3) is 3.90. The first-order valence-electron chi connectivity index (χ1n) is 8.90. The van der Waals surface area contributed by atoms with E-state index in [1.165, 1.54) is 4.57 Å². The Hall–Kier alpha value is -2.21. The van der Waals surface area contributed by atoms with Crippen molar-refractivity contribution in [3.05, 3.63) is 40.4 Å². The van der Waals surface area contributed by atoms with E-state index >= 15 is 0 Å². The number of rotatable bonds is 6. The second-order valence-corrected chi connectivity index (χ2v) is 6.63. The van der Waals surface area contributed by atoms with Gasteiger partial charge in [-0.3, -0.25) is 14.2 Å². The van der Waals surface area contributed by atoms with E-state index in [9.17, 15) is 9.59 Å². The van der Waals surface area contributed by atoms with Crippen LogP contribution in [-0.2, 0) is 16.1 Å². The minimum absolute atomic E-state index is 0.0747. The maximum absolute atomic E-state index is 12.6. The highest BCUT2D eigenvalue weighted by molar-refractivity contribution is 5.80. The molecule has 1 aliphatic rings. The van der Waals surface area contributed by atoms with Crippen molar-refractivity contribution in [2.45, 2.75) is 33.2 Å². The monoisotopic (exact) mass is 343 g/mol. The van der Waals surface area contributed by atoms with Crippen molar-refractivity contribution in [1.29, 1.82) is 0 Å². The van der Waals surface area contributed by atoms with Gasteiger partial charge < -0.3 is 9.64 Å². The minimum Gasteiger partial charge on any atom is -0.381 e. The number of carbonyl (C=O) groups excluding carboxylic acids is 1. The first kappa shape index (κ1) is 17.6. The number of ether oxygens (including phenoxy) is 1. The van der Waals surface area contributed by atoms with E-state index in [1.54, 1.807) is 12.4 Å². The van der Waals surface area contributed by atoms with Gasteiger partial charge in [-0.05, 0) is 31.9 Å². The third-order valence-electron chi connectivity index (χ3n) is 4.86. The van der Waals surface area contributed by atoms with Crippen LogP contribution in [0.1, 0.15) is 25.3 Å². The third-order valence-corrected chi connectivity index (χ3v) is 4.86. The van der Waals surface area contributed by atoms with Crippen molar-refractivity contribution in [3.8, 4) is 0 Å². The Morgan fingerprint density at radius 2 is 2.28 bits per heavy atom. The topological polar surface area (TPSA) is 64.4 Å². The molecule has 1 atom stereocenters. The van der Waals surface area contributed by atoms with E-state index in [4.69, 9.17) is 4.74 Å². The summed E-state index contributed by atoms with van der Waals surface area (Å²) in [6.45, 7) is 7.21. The summed E-state index contributed by atoms with van der Waals surface area (Å²) in [7, 11) is 0. The van der Waals surface area contributed by atoms with E-state index < -0.39 is 0 Å². The van der Waals surface area contributed by atoms with Gasteiger partial charge in [0.1, 0.15) is 0 Å². The summed E-state index contributed by atoms with van der Waals surface area (Å²) >= 11 is 0. The van der Waals surface area contributed by atoms with Gasteiger partial charge >= 0.3 is 0 Å². The molecule has 0 bridgehead atoms. The molecule has 6 nitrogen and oxygen atoms in total. The zero-order valence-corrected chi connectivity index (χ0v) is 14.9. The molecule has 1 fully saturated rings. The van der Waals surface area contributed by atoms with Gasteiger partial charge in [0.2, 0.25) is 5.91 Å². The summed E-state index contributed by atoms with van der Waals surface area (Å²) in [5.41, 5.74) is 1.62. The number of fused-ring (bicyclic) bond motifs is 1. The predicted octanol–water partition coefficient (Wildman–Crippen LogP) is 1.98. The van der Waals surface area contributed by atoms with E-state index in [0.29, 0.717) is 30.8 Å². The van der Waals surface area contributed by atoms with Gasteiger partial charge in [-0.2, -0.15) is 0 Å². The molecule has 2 heterocycles. The molecular weight excluding hydrogens is 318 g/mol. The van der Waals surface area contributed by atoms with Crippen LogP contribution in [0.3, 0.4) is 0 Å². The predicted molar refractivity (Wildman–Crippen MR) is 96.5 cm³/mol. The molecule has 3 rings (SSSR count). The van der Waals surface area contributed by atoms with Gasteiger partial charge in [-0.25, -0.2) is 4.98 Å². The molecule has 0 saturated carbocycles. The van der Waals surface area contributed by atoms with Crippen LogP contribution in [0.5, 0.6) is 0 Å². The lowest BCUT2D eigenvalue weighted by molar-refractivity contribution is -0.131. The summed E-state index contributed by atoms with van der Waals surface area (Å²) in [6, 6.07) is 5.58. The number of aryl methyl sites for hydroxylation is 2. The molecule has 0 radical (unpaired) electrons. The number of hydrogen-bond donors (Lipinski definition) is 0. The Balaban J connectivity index is 1.68. The molecule has 0 N–H and O–H groups in total. The van der Waals surface area contributed by atoms with Crippen LogP contribution >= 0.6 is 0 Å². The number of hydrogen-bond acceptors (Lipinski definition) is 4. The normalized spacial score (nSPS) is 17.1. The van der Waals surface area contributed by atoms with Crippen molar-refractivity contribution < 1.29 is 9.53 Å². The summed E-state index contributed by atoms with van der Waals surface area (Å²) in [5, 5.41) is 0.602. The molecule has 1 aliphatic heterocycles. The average molecular weight is 343 g/mol. The van der Waals surface area contributed by atoms with Gasteiger partial charge in [0, 0.05) is 38.6 Å². The Morgan fingerprint density at radius 3 is 3.00 bits per heavy atom. The zero-order chi connectivity index (χ0) is 17.8. The SMILES string of the molecule is CCN(C[C@H]1CCOC1)C(=O)CCn1cnc2c(C)cccc2c1=O. The van der Waals surface area contributed by atoms with E-state index in [-0.39, 0.29) is 11.5 Å². The highest BCUT2D eigenvalue weighted by Crippen LogP contribution is 2.15. The molecule has 25 heavy (non-hydrogen) atoms. The summed E-state index contributed by atoms with van der Waals surface area (Å²) < 4.78 is 6.92. The fourth-order valence-corrected chi connectivity index (χ4v) is 3.32. The van der Waals surface area contributed by atoms with Crippen LogP contribution in [0.4, 0.5) is 0 Å². The average Bonchev–Trinajstić information content (AvgIpc) is 3.12. The maximum Gasteiger partial charge on any atom is 0.261 e. The van der Waals surface area contributed by atoms with Crippen LogP contribution in [0.15, 0.2) is 29.3 Å². The molecule has 6 heteroatoms. The van der Waals surface area contributed by atoms with Crippen molar-refractivity contribution in [2.24, 2.45) is 5.92 Å². The first-order chi connectivity index (χ1) is 12.1. The van der Waals surface area contributed by atoms with E-state index in [1.807, 2.05) is 30.9 Å². The number of benzene rings is 1. The maximum atomic E-state index is 12.6. The summed E-state index contributed by atoms with van der Waals surface area (Å²) in [4.78, 5) is 31.4. The lowest BCUT2D eigenvalue weighted by Gasteiger charge is -2.24. The Bertz CT molecular complexity index is 809. The lowest BCUT2D eigenvalue weighted by atomic mass is 10.1. The van der Waals surface area contributed by atoms with Gasteiger partial charge in [-0.1, -0.05) is 12.1 Å². The number of nitrogens with zero attached hydrogens (tertiary/aromatic N) is 3. The number of amides is 1. The summed E-state index contributed by atoms with van der Waals surface area (Å²) in [5.74, 6) is 0.502. The van der Waals surface area contributed by atoms with Crippen LogP contribution < -0.4 is 5.56 Å². The Kier molecular flexibility index (Phi) is 5.48. The van der Waals surface area contributed by atoms with Crippen molar-refractivity contribution in [3.63, 3.8) is 0 Å². The quantitative estimate of drug-likeness (QED) is 0.804. The van der Waals surface area contributed by atoms with Gasteiger partial charge in [0.15, 0.2) is 0 Å². The molecular formula is C19H25N3O3. The molecule has 1 saturated heterocycles.